The maximum atomic E-state index is 12.7. The van der Waals surface area contributed by atoms with Crippen molar-refractivity contribution < 1.29 is 9.59 Å². The number of amides is 3. The minimum Gasteiger partial charge on any atom is -0.334 e. The van der Waals surface area contributed by atoms with Crippen LogP contribution >= 0.6 is 0 Å². The molecule has 102 valence electrons. The highest BCUT2D eigenvalue weighted by atomic mass is 16.2. The zero-order valence-corrected chi connectivity index (χ0v) is 11.2. The molecule has 1 heterocycles. The van der Waals surface area contributed by atoms with Crippen LogP contribution in [0, 0.1) is 16.7 Å². The molecule has 1 aromatic carbocycles. The average Bonchev–Trinajstić information content (AvgIpc) is 2.82. The number of carbonyl (C=O) groups excluding carboxylic acids is 2. The van der Waals surface area contributed by atoms with Crippen LogP contribution in [0.3, 0.4) is 0 Å². The van der Waals surface area contributed by atoms with Crippen molar-refractivity contribution in [3.63, 3.8) is 0 Å². The fourth-order valence-electron chi connectivity index (χ4n) is 3.13. The zero-order chi connectivity index (χ0) is 14.3. The molecule has 0 bridgehead atoms. The number of carbonyl (C=O) groups is 2. The van der Waals surface area contributed by atoms with Gasteiger partial charge in [0.25, 0.3) is 0 Å². The predicted octanol–water partition coefficient (Wildman–Crippen LogP) is 2.17. The quantitative estimate of drug-likeness (QED) is 0.849. The molecule has 1 aliphatic carbocycles. The number of anilines is 1. The van der Waals surface area contributed by atoms with E-state index in [1.807, 2.05) is 13.0 Å². The molecule has 0 aromatic heterocycles. The first-order valence-corrected chi connectivity index (χ1v) is 6.71. The number of nitrogens with one attached hydrogen (secondary N) is 1. The monoisotopic (exact) mass is 269 g/mol. The number of urea groups is 1. The predicted molar refractivity (Wildman–Crippen MR) is 72.9 cm³/mol. The highest BCUT2D eigenvalue weighted by molar-refractivity contribution is 6.18. The van der Waals surface area contributed by atoms with Crippen molar-refractivity contribution in [3.05, 3.63) is 29.8 Å². The molecule has 2 fully saturated rings. The van der Waals surface area contributed by atoms with Gasteiger partial charge in [0.15, 0.2) is 0 Å². The van der Waals surface area contributed by atoms with E-state index in [4.69, 9.17) is 5.26 Å². The van der Waals surface area contributed by atoms with Gasteiger partial charge >= 0.3 is 6.03 Å². The molecule has 2 aliphatic rings. The van der Waals surface area contributed by atoms with Crippen LogP contribution in [0.25, 0.3) is 0 Å². The Bertz CT molecular complexity index is 617. The fraction of sp³-hybridized carbons (Fsp3) is 0.400. The summed E-state index contributed by atoms with van der Waals surface area (Å²) in [5.41, 5.74) is 0.503. The number of benzene rings is 1. The van der Waals surface area contributed by atoms with Crippen LogP contribution in [0.4, 0.5) is 10.5 Å². The van der Waals surface area contributed by atoms with Gasteiger partial charge in [-0.2, -0.15) is 5.26 Å². The van der Waals surface area contributed by atoms with Crippen LogP contribution in [-0.2, 0) is 4.79 Å². The second-order valence-corrected chi connectivity index (χ2v) is 5.61. The van der Waals surface area contributed by atoms with Gasteiger partial charge in [0.05, 0.1) is 22.7 Å². The van der Waals surface area contributed by atoms with Gasteiger partial charge in [0.1, 0.15) is 0 Å². The van der Waals surface area contributed by atoms with Crippen molar-refractivity contribution in [3.8, 4) is 6.07 Å². The van der Waals surface area contributed by atoms with Gasteiger partial charge in [0, 0.05) is 6.04 Å². The Morgan fingerprint density at radius 1 is 1.35 bits per heavy atom. The normalized spacial score (nSPS) is 28.8. The molecule has 3 rings (SSSR count). The molecule has 1 aliphatic heterocycles. The van der Waals surface area contributed by atoms with Crippen molar-refractivity contribution in [1.82, 2.24) is 5.32 Å². The molecule has 3 amide bonds. The molecule has 2 atom stereocenters. The number of imide groups is 1. The molecule has 1 N–H and O–H groups in total. The zero-order valence-electron chi connectivity index (χ0n) is 11.2. The van der Waals surface area contributed by atoms with E-state index in [9.17, 15) is 9.59 Å². The Hall–Kier alpha value is -2.35. The lowest BCUT2D eigenvalue weighted by Crippen LogP contribution is -2.63. The maximum Gasteiger partial charge on any atom is 0.329 e. The largest absolute Gasteiger partial charge is 0.334 e. The molecule has 5 nitrogen and oxygen atoms in total. The lowest BCUT2D eigenvalue weighted by molar-refractivity contribution is -0.128. The second-order valence-electron chi connectivity index (χ2n) is 5.61. The van der Waals surface area contributed by atoms with E-state index >= 15 is 0 Å². The van der Waals surface area contributed by atoms with Gasteiger partial charge in [-0.3, -0.25) is 4.79 Å². The summed E-state index contributed by atoms with van der Waals surface area (Å²) >= 11 is 0. The van der Waals surface area contributed by atoms with Gasteiger partial charge in [-0.25, -0.2) is 9.69 Å². The van der Waals surface area contributed by atoms with E-state index in [1.54, 1.807) is 24.3 Å². The van der Waals surface area contributed by atoms with Crippen LogP contribution in [0.5, 0.6) is 0 Å². The van der Waals surface area contributed by atoms with Crippen molar-refractivity contribution in [2.75, 3.05) is 4.90 Å². The van der Waals surface area contributed by atoms with E-state index in [0.717, 1.165) is 19.3 Å². The minimum absolute atomic E-state index is 0.0582. The Labute approximate surface area is 117 Å². The highest BCUT2D eigenvalue weighted by Gasteiger charge is 2.53. The van der Waals surface area contributed by atoms with Gasteiger partial charge in [0.2, 0.25) is 5.91 Å². The lowest BCUT2D eigenvalue weighted by Gasteiger charge is -2.40. The number of rotatable bonds is 1. The topological polar surface area (TPSA) is 73.2 Å². The van der Waals surface area contributed by atoms with Crippen LogP contribution in [0.1, 0.15) is 31.7 Å². The van der Waals surface area contributed by atoms with Gasteiger partial charge < -0.3 is 5.32 Å². The Kier molecular flexibility index (Phi) is 2.75. The third-order valence-corrected chi connectivity index (χ3v) is 4.41. The van der Waals surface area contributed by atoms with Crippen molar-refractivity contribution in [2.45, 2.75) is 32.2 Å². The molecule has 20 heavy (non-hydrogen) atoms. The summed E-state index contributed by atoms with van der Waals surface area (Å²) in [6.45, 7) is 1.92. The second kappa shape index (κ2) is 4.34. The lowest BCUT2D eigenvalue weighted by atomic mass is 9.81. The SMILES string of the molecule is CC12CCCC1NC(=O)N(c1ccc(C#N)cc1)C2=O. The number of fused-ring (bicyclic) bond motifs is 1. The Balaban J connectivity index is 1.98. The molecular weight excluding hydrogens is 254 g/mol. The molecule has 1 saturated carbocycles. The van der Waals surface area contributed by atoms with Gasteiger partial charge in [-0.15, -0.1) is 0 Å². The first kappa shape index (κ1) is 12.7. The summed E-state index contributed by atoms with van der Waals surface area (Å²) in [5, 5.41) is 11.7. The van der Waals surface area contributed by atoms with Crippen molar-refractivity contribution in [2.24, 2.45) is 5.41 Å². The Morgan fingerprint density at radius 2 is 2.05 bits per heavy atom. The summed E-state index contributed by atoms with van der Waals surface area (Å²) in [6, 6.07) is 8.08. The van der Waals surface area contributed by atoms with E-state index in [2.05, 4.69) is 5.32 Å². The first-order chi connectivity index (χ1) is 9.56. The fourth-order valence-corrected chi connectivity index (χ4v) is 3.13. The summed E-state index contributed by atoms with van der Waals surface area (Å²) in [5.74, 6) is -0.145. The standard InChI is InChI=1S/C15H15N3O2/c1-15-8-2-3-12(15)17-14(20)18(13(15)19)11-6-4-10(9-16)5-7-11/h4-7,12H,2-3,8H2,1H3,(H,17,20). The van der Waals surface area contributed by atoms with E-state index in [-0.39, 0.29) is 18.0 Å². The van der Waals surface area contributed by atoms with Crippen molar-refractivity contribution in [1.29, 1.82) is 5.26 Å². The molecule has 0 radical (unpaired) electrons. The van der Waals surface area contributed by atoms with Gasteiger partial charge in [-0.05, 0) is 44.0 Å². The van der Waals surface area contributed by atoms with Crippen LogP contribution < -0.4 is 10.2 Å². The first-order valence-electron chi connectivity index (χ1n) is 6.71. The van der Waals surface area contributed by atoms with Crippen molar-refractivity contribution >= 4 is 17.6 Å². The third kappa shape index (κ3) is 1.68. The van der Waals surface area contributed by atoms with Crippen LogP contribution in [-0.4, -0.2) is 18.0 Å². The summed E-state index contributed by atoms with van der Waals surface area (Å²) in [7, 11) is 0. The number of hydrogen-bond donors (Lipinski definition) is 1. The molecule has 1 aromatic rings. The Morgan fingerprint density at radius 3 is 2.70 bits per heavy atom. The number of nitrogens with zero attached hydrogens (tertiary/aromatic N) is 2. The number of nitriles is 1. The molecular formula is C15H15N3O2. The molecule has 1 saturated heterocycles. The van der Waals surface area contributed by atoms with Crippen LogP contribution in [0.2, 0.25) is 0 Å². The molecule has 2 unspecified atom stereocenters. The maximum absolute atomic E-state index is 12.7. The minimum atomic E-state index is -0.512. The smallest absolute Gasteiger partial charge is 0.329 e. The molecule has 0 spiro atoms. The summed E-state index contributed by atoms with van der Waals surface area (Å²) in [6.07, 6.45) is 2.60. The average molecular weight is 269 g/mol. The van der Waals surface area contributed by atoms with Gasteiger partial charge in [-0.1, -0.05) is 6.42 Å². The third-order valence-electron chi connectivity index (χ3n) is 4.41. The molecule has 5 heteroatoms. The van der Waals surface area contributed by atoms with Crippen LogP contribution in [0.15, 0.2) is 24.3 Å². The summed E-state index contributed by atoms with van der Waals surface area (Å²) in [4.78, 5) is 26.1. The van der Waals surface area contributed by atoms with E-state index in [1.165, 1.54) is 4.90 Å². The number of hydrogen-bond acceptors (Lipinski definition) is 3. The van der Waals surface area contributed by atoms with E-state index in [0.29, 0.717) is 11.3 Å². The highest BCUT2D eigenvalue weighted by Crippen LogP contribution is 2.42. The van der Waals surface area contributed by atoms with E-state index < -0.39 is 5.41 Å². The summed E-state index contributed by atoms with van der Waals surface area (Å²) < 4.78 is 0.